The molecule has 1 aliphatic heterocycles. The molecule has 1 amide bonds. The number of methoxy groups -OCH3 is 2. The van der Waals surface area contributed by atoms with E-state index in [9.17, 15) is 4.79 Å². The Morgan fingerprint density at radius 3 is 2.59 bits per heavy atom. The minimum absolute atomic E-state index is 0.0111. The maximum atomic E-state index is 12.8. The quantitative estimate of drug-likeness (QED) is 0.378. The van der Waals surface area contributed by atoms with Crippen molar-refractivity contribution in [1.29, 1.82) is 0 Å². The van der Waals surface area contributed by atoms with Crippen LogP contribution in [-0.4, -0.2) is 48.2 Å². The van der Waals surface area contributed by atoms with Crippen LogP contribution >= 0.6 is 11.8 Å². The lowest BCUT2D eigenvalue weighted by molar-refractivity contribution is -0.125. The van der Waals surface area contributed by atoms with E-state index in [1.165, 1.54) is 11.8 Å². The van der Waals surface area contributed by atoms with E-state index in [1.807, 2.05) is 48.5 Å². The van der Waals surface area contributed by atoms with Crippen molar-refractivity contribution in [2.75, 3.05) is 20.8 Å². The lowest BCUT2D eigenvalue weighted by Crippen LogP contribution is -2.32. The highest BCUT2D eigenvalue weighted by molar-refractivity contribution is 8.15. The zero-order valence-electron chi connectivity index (χ0n) is 16.4. The zero-order chi connectivity index (χ0) is 20.6. The summed E-state index contributed by atoms with van der Waals surface area (Å²) in [5.41, 5.74) is 1.88. The van der Waals surface area contributed by atoms with Gasteiger partial charge < -0.3 is 9.47 Å². The van der Waals surface area contributed by atoms with E-state index >= 15 is 0 Å². The van der Waals surface area contributed by atoms with Crippen LogP contribution in [0.2, 0.25) is 0 Å². The number of rotatable bonds is 8. The van der Waals surface area contributed by atoms with Crippen molar-refractivity contribution < 1.29 is 14.3 Å². The smallest absolute Gasteiger partial charge is 0.242 e. The molecule has 0 spiro atoms. The van der Waals surface area contributed by atoms with Crippen molar-refractivity contribution in [1.82, 2.24) is 4.90 Å². The third-order valence-corrected chi connectivity index (χ3v) is 5.56. The van der Waals surface area contributed by atoms with E-state index in [0.29, 0.717) is 23.9 Å². The van der Waals surface area contributed by atoms with E-state index in [2.05, 4.69) is 16.8 Å². The molecule has 0 aromatic heterocycles. The summed E-state index contributed by atoms with van der Waals surface area (Å²) in [6.07, 6.45) is 3.92. The standard InChI is InChI=1S/C22H23N3O3S/c1-4-13-25-21(26)20(14-16-9-11-18(27-2)12-10-16)29-22(25)24-23-15-17-7-5-6-8-19(17)28-3/h4-12,15,20H,1,13-14H2,2-3H3/b23-15+,24-22+. The Morgan fingerprint density at radius 1 is 1.14 bits per heavy atom. The molecule has 1 heterocycles. The molecule has 150 valence electrons. The van der Waals surface area contributed by atoms with Crippen molar-refractivity contribution in [2.24, 2.45) is 10.2 Å². The van der Waals surface area contributed by atoms with Crippen LogP contribution in [0, 0.1) is 0 Å². The topological polar surface area (TPSA) is 63.5 Å². The summed E-state index contributed by atoms with van der Waals surface area (Å²) in [5.74, 6) is 1.52. The third kappa shape index (κ3) is 5.06. The van der Waals surface area contributed by atoms with Crippen molar-refractivity contribution >= 4 is 29.1 Å². The van der Waals surface area contributed by atoms with Gasteiger partial charge in [0.2, 0.25) is 5.91 Å². The molecule has 1 unspecified atom stereocenters. The van der Waals surface area contributed by atoms with Crippen LogP contribution < -0.4 is 9.47 Å². The Labute approximate surface area is 174 Å². The van der Waals surface area contributed by atoms with Crippen molar-refractivity contribution in [3.05, 3.63) is 72.3 Å². The van der Waals surface area contributed by atoms with E-state index in [1.54, 1.807) is 31.4 Å². The summed E-state index contributed by atoms with van der Waals surface area (Å²) in [7, 11) is 3.24. The van der Waals surface area contributed by atoms with Gasteiger partial charge in [-0.15, -0.1) is 11.7 Å². The van der Waals surface area contributed by atoms with Gasteiger partial charge in [0.25, 0.3) is 0 Å². The van der Waals surface area contributed by atoms with Crippen molar-refractivity contribution in [3.8, 4) is 11.5 Å². The van der Waals surface area contributed by atoms with E-state index in [-0.39, 0.29) is 11.2 Å². The summed E-state index contributed by atoms with van der Waals surface area (Å²) in [5, 5.41) is 8.80. The number of hydrogen-bond acceptors (Lipinski definition) is 6. The van der Waals surface area contributed by atoms with Gasteiger partial charge in [0.15, 0.2) is 5.17 Å². The second-order valence-corrected chi connectivity index (χ2v) is 7.44. The van der Waals surface area contributed by atoms with Crippen LogP contribution in [0.15, 0.2) is 71.4 Å². The maximum Gasteiger partial charge on any atom is 0.242 e. The number of thioether (sulfide) groups is 1. The number of carbonyl (C=O) groups is 1. The average Bonchev–Trinajstić information content (AvgIpc) is 3.04. The van der Waals surface area contributed by atoms with Gasteiger partial charge in [-0.05, 0) is 36.2 Å². The van der Waals surface area contributed by atoms with Gasteiger partial charge in [0.05, 0.1) is 25.7 Å². The Morgan fingerprint density at radius 2 is 1.90 bits per heavy atom. The molecule has 6 nitrogen and oxygen atoms in total. The van der Waals surface area contributed by atoms with Crippen LogP contribution in [0.1, 0.15) is 11.1 Å². The van der Waals surface area contributed by atoms with Crippen LogP contribution in [-0.2, 0) is 11.2 Å². The molecule has 1 fully saturated rings. The molecule has 29 heavy (non-hydrogen) atoms. The Hall–Kier alpha value is -3.06. The Bertz CT molecular complexity index is 925. The molecule has 1 atom stereocenters. The van der Waals surface area contributed by atoms with Gasteiger partial charge >= 0.3 is 0 Å². The van der Waals surface area contributed by atoms with Gasteiger partial charge in [0.1, 0.15) is 11.5 Å². The molecule has 0 bridgehead atoms. The molecule has 7 heteroatoms. The number of carbonyl (C=O) groups excluding carboxylic acids is 1. The number of ether oxygens (including phenoxy) is 2. The van der Waals surface area contributed by atoms with Gasteiger partial charge in [-0.2, -0.15) is 5.10 Å². The lowest BCUT2D eigenvalue weighted by Gasteiger charge is -2.13. The average molecular weight is 410 g/mol. The molecular weight excluding hydrogens is 386 g/mol. The fourth-order valence-electron chi connectivity index (χ4n) is 2.90. The molecule has 2 aromatic carbocycles. The number of amides is 1. The molecule has 0 saturated carbocycles. The first kappa shape index (κ1) is 20.7. The molecule has 3 rings (SSSR count). The predicted octanol–water partition coefficient (Wildman–Crippen LogP) is 3.77. The van der Waals surface area contributed by atoms with Crippen LogP contribution in [0.5, 0.6) is 11.5 Å². The predicted molar refractivity (Wildman–Crippen MR) is 118 cm³/mol. The van der Waals surface area contributed by atoms with Crippen LogP contribution in [0.25, 0.3) is 0 Å². The SMILES string of the molecule is C=CCN1C(=O)C(Cc2ccc(OC)cc2)S/C1=N/N=C/c1ccccc1OC. The summed E-state index contributed by atoms with van der Waals surface area (Å²) < 4.78 is 10.5. The molecule has 0 aliphatic carbocycles. The second kappa shape index (κ2) is 9.93. The maximum absolute atomic E-state index is 12.8. The summed E-state index contributed by atoms with van der Waals surface area (Å²) in [6, 6.07) is 15.3. The van der Waals surface area contributed by atoms with E-state index in [0.717, 1.165) is 16.9 Å². The molecule has 1 saturated heterocycles. The second-order valence-electron chi connectivity index (χ2n) is 6.27. The molecule has 0 radical (unpaired) electrons. The van der Waals surface area contributed by atoms with E-state index < -0.39 is 0 Å². The Balaban J connectivity index is 1.76. The normalized spacial score (nSPS) is 17.9. The highest BCUT2D eigenvalue weighted by Crippen LogP contribution is 2.30. The van der Waals surface area contributed by atoms with Crippen LogP contribution in [0.3, 0.4) is 0 Å². The fourth-order valence-corrected chi connectivity index (χ4v) is 4.05. The fraction of sp³-hybridized carbons (Fsp3) is 0.227. The Kier molecular flexibility index (Phi) is 7.08. The van der Waals surface area contributed by atoms with Crippen molar-refractivity contribution in [3.63, 3.8) is 0 Å². The minimum atomic E-state index is -0.247. The van der Waals surface area contributed by atoms with Crippen molar-refractivity contribution in [2.45, 2.75) is 11.7 Å². The highest BCUT2D eigenvalue weighted by atomic mass is 32.2. The van der Waals surface area contributed by atoms with Gasteiger partial charge in [-0.3, -0.25) is 9.69 Å². The van der Waals surface area contributed by atoms with Gasteiger partial charge in [0, 0.05) is 12.1 Å². The lowest BCUT2D eigenvalue weighted by atomic mass is 10.1. The molecule has 2 aromatic rings. The number of hydrogen-bond donors (Lipinski definition) is 0. The first-order chi connectivity index (χ1) is 14.2. The molecular formula is C22H23N3O3S. The number of amidine groups is 1. The third-order valence-electron chi connectivity index (χ3n) is 4.39. The van der Waals surface area contributed by atoms with Gasteiger partial charge in [-0.25, -0.2) is 0 Å². The van der Waals surface area contributed by atoms with E-state index in [4.69, 9.17) is 9.47 Å². The molecule has 1 aliphatic rings. The first-order valence-corrected chi connectivity index (χ1v) is 10.00. The zero-order valence-corrected chi connectivity index (χ0v) is 17.3. The van der Waals surface area contributed by atoms with Crippen LogP contribution in [0.4, 0.5) is 0 Å². The number of nitrogens with zero attached hydrogens (tertiary/aromatic N) is 3. The summed E-state index contributed by atoms with van der Waals surface area (Å²) >= 11 is 1.42. The molecule has 0 N–H and O–H groups in total. The summed E-state index contributed by atoms with van der Waals surface area (Å²) in [4.78, 5) is 14.5. The minimum Gasteiger partial charge on any atom is -0.497 e. The van der Waals surface area contributed by atoms with Gasteiger partial charge in [-0.1, -0.05) is 42.1 Å². The first-order valence-electron chi connectivity index (χ1n) is 9.12. The number of para-hydroxylation sites is 1. The monoisotopic (exact) mass is 409 g/mol. The highest BCUT2D eigenvalue weighted by Gasteiger charge is 2.37. The number of benzene rings is 2. The summed E-state index contributed by atoms with van der Waals surface area (Å²) in [6.45, 7) is 4.14. The largest absolute Gasteiger partial charge is 0.497 e.